The minimum Gasteiger partial charge on any atom is -0.264 e. The highest BCUT2D eigenvalue weighted by Gasteiger charge is 2.09. The van der Waals surface area contributed by atoms with Crippen LogP contribution in [0.5, 0.6) is 0 Å². The lowest BCUT2D eigenvalue weighted by molar-refractivity contribution is 0.709. The Morgan fingerprint density at radius 1 is 1.35 bits per heavy atom. The second-order valence-corrected chi connectivity index (χ2v) is 3.39. The fraction of sp³-hybridized carbons (Fsp3) is 0.167. The number of para-hydroxylation sites is 1. The fourth-order valence-corrected chi connectivity index (χ4v) is 1.49. The third-order valence-electron chi connectivity index (χ3n) is 2.30. The van der Waals surface area contributed by atoms with Gasteiger partial charge in [0.15, 0.2) is 0 Å². The van der Waals surface area contributed by atoms with Crippen LogP contribution in [0.25, 0.3) is 5.69 Å². The number of aryl methyl sites for hydroxylation is 1. The minimum absolute atomic E-state index is 0.189. The summed E-state index contributed by atoms with van der Waals surface area (Å²) in [5.41, 5.74) is 0.0240. The summed E-state index contributed by atoms with van der Waals surface area (Å²) < 4.78 is 1.53. The van der Waals surface area contributed by atoms with Crippen molar-refractivity contribution >= 4 is 0 Å². The van der Waals surface area contributed by atoms with Gasteiger partial charge in [0, 0.05) is 6.42 Å². The van der Waals surface area contributed by atoms with E-state index in [9.17, 15) is 4.79 Å². The van der Waals surface area contributed by atoms with E-state index in [1.54, 1.807) is 6.07 Å². The molecule has 84 valence electrons. The fourth-order valence-electron chi connectivity index (χ4n) is 1.49. The zero-order valence-electron chi connectivity index (χ0n) is 9.29. The SMILES string of the molecule is CCc1nc(=O)c(C#N)nn1-c1ccccc1. The molecule has 0 fully saturated rings. The smallest absolute Gasteiger partial charge is 0.264 e. The van der Waals surface area contributed by atoms with Gasteiger partial charge in [0.25, 0.3) is 0 Å². The molecule has 0 aliphatic carbocycles. The van der Waals surface area contributed by atoms with Gasteiger partial charge in [-0.1, -0.05) is 25.1 Å². The molecule has 0 unspecified atom stereocenters. The van der Waals surface area contributed by atoms with Gasteiger partial charge >= 0.3 is 5.56 Å². The van der Waals surface area contributed by atoms with E-state index < -0.39 is 5.56 Å². The minimum atomic E-state index is -0.573. The molecular weight excluding hydrogens is 216 g/mol. The van der Waals surface area contributed by atoms with Gasteiger partial charge in [-0.05, 0) is 12.1 Å². The molecule has 0 saturated heterocycles. The molecule has 5 nitrogen and oxygen atoms in total. The van der Waals surface area contributed by atoms with Crippen LogP contribution in [0.3, 0.4) is 0 Å². The summed E-state index contributed by atoms with van der Waals surface area (Å²) in [5.74, 6) is 0.542. The van der Waals surface area contributed by atoms with Crippen LogP contribution in [0.4, 0.5) is 0 Å². The van der Waals surface area contributed by atoms with Gasteiger partial charge in [-0.15, -0.1) is 5.10 Å². The first kappa shape index (κ1) is 11.0. The molecule has 1 heterocycles. The molecular formula is C12H10N4O. The molecule has 0 radical (unpaired) electrons. The van der Waals surface area contributed by atoms with Crippen molar-refractivity contribution in [3.05, 3.63) is 52.2 Å². The first-order valence-electron chi connectivity index (χ1n) is 5.22. The lowest BCUT2D eigenvalue weighted by Gasteiger charge is -2.09. The van der Waals surface area contributed by atoms with Crippen LogP contribution in [-0.4, -0.2) is 14.8 Å². The number of benzene rings is 1. The van der Waals surface area contributed by atoms with Crippen LogP contribution in [-0.2, 0) is 6.42 Å². The van der Waals surface area contributed by atoms with Gasteiger partial charge in [-0.25, -0.2) is 4.68 Å². The molecule has 17 heavy (non-hydrogen) atoms. The Morgan fingerprint density at radius 3 is 2.65 bits per heavy atom. The lowest BCUT2D eigenvalue weighted by Crippen LogP contribution is -2.22. The van der Waals surface area contributed by atoms with Crippen LogP contribution in [0.1, 0.15) is 18.4 Å². The topological polar surface area (TPSA) is 71.6 Å². The van der Waals surface area contributed by atoms with E-state index in [4.69, 9.17) is 5.26 Å². The Morgan fingerprint density at radius 2 is 2.06 bits per heavy atom. The molecule has 1 aromatic carbocycles. The van der Waals surface area contributed by atoms with E-state index >= 15 is 0 Å². The van der Waals surface area contributed by atoms with Crippen LogP contribution in [0.15, 0.2) is 35.1 Å². The molecule has 1 aromatic heterocycles. The number of nitriles is 1. The first-order chi connectivity index (χ1) is 8.26. The summed E-state index contributed by atoms with van der Waals surface area (Å²) in [6.07, 6.45) is 0.572. The van der Waals surface area contributed by atoms with Crippen LogP contribution < -0.4 is 5.56 Å². The number of aromatic nitrogens is 3. The van der Waals surface area contributed by atoms with Crippen molar-refractivity contribution in [3.63, 3.8) is 0 Å². The predicted octanol–water partition coefficient (Wildman–Crippen LogP) is 1.06. The molecule has 0 saturated carbocycles. The maximum atomic E-state index is 11.4. The summed E-state index contributed by atoms with van der Waals surface area (Å²) in [6.45, 7) is 1.88. The summed E-state index contributed by atoms with van der Waals surface area (Å²) >= 11 is 0. The van der Waals surface area contributed by atoms with E-state index in [-0.39, 0.29) is 5.69 Å². The van der Waals surface area contributed by atoms with Crippen molar-refractivity contribution in [1.82, 2.24) is 14.8 Å². The molecule has 0 amide bonds. The molecule has 0 N–H and O–H groups in total. The van der Waals surface area contributed by atoms with Gasteiger partial charge in [0.05, 0.1) is 5.69 Å². The van der Waals surface area contributed by atoms with Crippen LogP contribution >= 0.6 is 0 Å². The van der Waals surface area contributed by atoms with Gasteiger partial charge < -0.3 is 0 Å². The van der Waals surface area contributed by atoms with Gasteiger partial charge in [-0.2, -0.15) is 10.2 Å². The van der Waals surface area contributed by atoms with Crippen molar-refractivity contribution in [2.24, 2.45) is 0 Å². The molecule has 2 aromatic rings. The summed E-state index contributed by atoms with van der Waals surface area (Å²) in [7, 11) is 0. The largest absolute Gasteiger partial charge is 0.310 e. The second-order valence-electron chi connectivity index (χ2n) is 3.39. The number of hydrogen-bond acceptors (Lipinski definition) is 4. The maximum Gasteiger partial charge on any atom is 0.310 e. The van der Waals surface area contributed by atoms with Crippen molar-refractivity contribution in [3.8, 4) is 11.8 Å². The monoisotopic (exact) mass is 226 g/mol. The molecule has 0 atom stereocenters. The standard InChI is InChI=1S/C12H10N4O/c1-2-11-14-12(17)10(8-13)15-16(11)9-6-4-3-5-7-9/h3-7H,2H2,1H3. The Hall–Kier alpha value is -2.48. The Balaban J connectivity index is 2.69. The third-order valence-corrected chi connectivity index (χ3v) is 2.30. The highest BCUT2D eigenvalue weighted by molar-refractivity contribution is 5.31. The van der Waals surface area contributed by atoms with Crippen LogP contribution in [0.2, 0.25) is 0 Å². The van der Waals surface area contributed by atoms with Gasteiger partial charge in [-0.3, -0.25) is 4.79 Å². The average Bonchev–Trinajstić information content (AvgIpc) is 2.39. The van der Waals surface area contributed by atoms with Crippen molar-refractivity contribution in [2.45, 2.75) is 13.3 Å². The normalized spacial score (nSPS) is 9.88. The Labute approximate surface area is 98.0 Å². The lowest BCUT2D eigenvalue weighted by atomic mass is 10.3. The summed E-state index contributed by atoms with van der Waals surface area (Å²) in [6, 6.07) is 11.1. The van der Waals surface area contributed by atoms with Crippen molar-refractivity contribution < 1.29 is 0 Å². The van der Waals surface area contributed by atoms with E-state index in [1.165, 1.54) is 4.68 Å². The summed E-state index contributed by atoms with van der Waals surface area (Å²) in [5, 5.41) is 12.8. The quantitative estimate of drug-likeness (QED) is 0.767. The zero-order valence-corrected chi connectivity index (χ0v) is 9.29. The Bertz CT molecular complexity index is 625. The molecule has 0 aliphatic rings. The maximum absolute atomic E-state index is 11.4. The zero-order chi connectivity index (χ0) is 12.3. The van der Waals surface area contributed by atoms with Gasteiger partial charge in [0.2, 0.25) is 5.69 Å². The number of rotatable bonds is 2. The van der Waals surface area contributed by atoms with E-state index in [0.29, 0.717) is 12.2 Å². The van der Waals surface area contributed by atoms with E-state index in [0.717, 1.165) is 5.69 Å². The predicted molar refractivity (Wildman–Crippen MR) is 61.7 cm³/mol. The van der Waals surface area contributed by atoms with Gasteiger partial charge in [0.1, 0.15) is 11.9 Å². The second kappa shape index (κ2) is 4.58. The van der Waals surface area contributed by atoms with Crippen molar-refractivity contribution in [1.29, 1.82) is 5.26 Å². The Kier molecular flexibility index (Phi) is 2.97. The molecule has 0 aliphatic heterocycles. The van der Waals surface area contributed by atoms with E-state index in [2.05, 4.69) is 10.1 Å². The highest BCUT2D eigenvalue weighted by atomic mass is 16.1. The van der Waals surface area contributed by atoms with Crippen molar-refractivity contribution in [2.75, 3.05) is 0 Å². The van der Waals surface area contributed by atoms with E-state index in [1.807, 2.05) is 37.3 Å². The first-order valence-corrected chi connectivity index (χ1v) is 5.22. The number of nitrogens with zero attached hydrogens (tertiary/aromatic N) is 4. The highest BCUT2D eigenvalue weighted by Crippen LogP contribution is 2.07. The third kappa shape index (κ3) is 2.06. The molecule has 2 rings (SSSR count). The number of hydrogen-bond donors (Lipinski definition) is 0. The summed E-state index contributed by atoms with van der Waals surface area (Å²) in [4.78, 5) is 15.3. The van der Waals surface area contributed by atoms with Crippen LogP contribution in [0, 0.1) is 11.3 Å². The molecule has 0 spiro atoms. The molecule has 0 bridgehead atoms. The molecule has 5 heteroatoms. The average molecular weight is 226 g/mol.